The normalized spacial score (nSPS) is 16.3. The Morgan fingerprint density at radius 3 is 2.58 bits per heavy atom. The Bertz CT molecular complexity index is 671. The summed E-state index contributed by atoms with van der Waals surface area (Å²) in [5.74, 6) is 2.32. The Morgan fingerprint density at radius 1 is 1.23 bits per heavy atom. The second kappa shape index (κ2) is 9.33. The Kier molecular flexibility index (Phi) is 6.86. The van der Waals surface area contributed by atoms with E-state index < -0.39 is 0 Å². The number of nitrogens with zero attached hydrogens (tertiary/aromatic N) is 2. The van der Waals surface area contributed by atoms with E-state index in [0.29, 0.717) is 5.92 Å². The second-order valence-corrected chi connectivity index (χ2v) is 7.64. The SMILES string of the molecule is CCCCc1ncc(CO)n1Cc1ccc(C(CN)C2CCCC2)cc1. The number of nitrogens with two attached hydrogens (primary N) is 1. The van der Waals surface area contributed by atoms with Crippen molar-refractivity contribution in [1.82, 2.24) is 9.55 Å². The van der Waals surface area contributed by atoms with Crippen molar-refractivity contribution in [3.8, 4) is 0 Å². The van der Waals surface area contributed by atoms with Crippen LogP contribution in [0.5, 0.6) is 0 Å². The van der Waals surface area contributed by atoms with Crippen LogP contribution in [0, 0.1) is 5.92 Å². The number of hydrogen-bond donors (Lipinski definition) is 2. The molecule has 1 atom stereocenters. The minimum Gasteiger partial charge on any atom is -0.390 e. The second-order valence-electron chi connectivity index (χ2n) is 7.64. The summed E-state index contributed by atoms with van der Waals surface area (Å²) in [5, 5.41) is 9.63. The fourth-order valence-electron chi connectivity index (χ4n) is 4.32. The largest absolute Gasteiger partial charge is 0.390 e. The maximum atomic E-state index is 9.63. The van der Waals surface area contributed by atoms with Gasteiger partial charge in [0.2, 0.25) is 0 Å². The fourth-order valence-corrected chi connectivity index (χ4v) is 4.32. The maximum absolute atomic E-state index is 9.63. The van der Waals surface area contributed by atoms with Gasteiger partial charge < -0.3 is 15.4 Å². The summed E-state index contributed by atoms with van der Waals surface area (Å²) < 4.78 is 2.17. The van der Waals surface area contributed by atoms with Gasteiger partial charge in [-0.25, -0.2) is 4.98 Å². The van der Waals surface area contributed by atoms with Gasteiger partial charge in [0.05, 0.1) is 18.5 Å². The first-order chi connectivity index (χ1) is 12.8. The van der Waals surface area contributed by atoms with E-state index >= 15 is 0 Å². The van der Waals surface area contributed by atoms with Crippen molar-refractivity contribution in [1.29, 1.82) is 0 Å². The molecule has 0 bridgehead atoms. The predicted molar refractivity (Wildman–Crippen MR) is 106 cm³/mol. The summed E-state index contributed by atoms with van der Waals surface area (Å²) in [7, 11) is 0. The predicted octanol–water partition coefficient (Wildman–Crippen LogP) is 4.00. The van der Waals surface area contributed by atoms with Crippen LogP contribution < -0.4 is 5.73 Å². The van der Waals surface area contributed by atoms with Gasteiger partial charge in [0.25, 0.3) is 0 Å². The first-order valence-electron chi connectivity index (χ1n) is 10.2. The molecular weight excluding hydrogens is 322 g/mol. The van der Waals surface area contributed by atoms with E-state index in [4.69, 9.17) is 5.73 Å². The molecule has 4 nitrogen and oxygen atoms in total. The van der Waals surface area contributed by atoms with E-state index in [1.165, 1.54) is 36.8 Å². The molecule has 1 aromatic carbocycles. The van der Waals surface area contributed by atoms with Crippen molar-refractivity contribution in [2.75, 3.05) is 6.54 Å². The van der Waals surface area contributed by atoms with Crippen molar-refractivity contribution in [2.24, 2.45) is 11.7 Å². The summed E-state index contributed by atoms with van der Waals surface area (Å²) in [6, 6.07) is 8.95. The lowest BCUT2D eigenvalue weighted by molar-refractivity contribution is 0.271. The van der Waals surface area contributed by atoms with E-state index in [2.05, 4.69) is 40.7 Å². The highest BCUT2D eigenvalue weighted by Crippen LogP contribution is 2.36. The number of aromatic nitrogens is 2. The molecule has 1 unspecified atom stereocenters. The summed E-state index contributed by atoms with van der Waals surface area (Å²) in [6.45, 7) is 3.73. The third-order valence-corrected chi connectivity index (χ3v) is 5.91. The molecule has 0 amide bonds. The van der Waals surface area contributed by atoms with Crippen LogP contribution in [0.15, 0.2) is 30.5 Å². The number of unbranched alkanes of at least 4 members (excludes halogenated alkanes) is 1. The molecule has 0 aliphatic heterocycles. The summed E-state index contributed by atoms with van der Waals surface area (Å²) in [5.41, 5.74) is 9.62. The first kappa shape index (κ1) is 19.1. The molecule has 1 fully saturated rings. The minimum absolute atomic E-state index is 0.0358. The maximum Gasteiger partial charge on any atom is 0.109 e. The van der Waals surface area contributed by atoms with Gasteiger partial charge >= 0.3 is 0 Å². The molecule has 1 aliphatic carbocycles. The van der Waals surface area contributed by atoms with Gasteiger partial charge in [-0.05, 0) is 48.8 Å². The molecule has 1 aliphatic rings. The highest BCUT2D eigenvalue weighted by molar-refractivity contribution is 5.27. The zero-order chi connectivity index (χ0) is 18.4. The topological polar surface area (TPSA) is 64.1 Å². The molecule has 4 heteroatoms. The van der Waals surface area contributed by atoms with Gasteiger partial charge in [-0.15, -0.1) is 0 Å². The molecule has 0 radical (unpaired) electrons. The summed E-state index contributed by atoms with van der Waals surface area (Å²) in [6.07, 6.45) is 10.4. The van der Waals surface area contributed by atoms with Crippen LogP contribution in [0.2, 0.25) is 0 Å². The number of aliphatic hydroxyl groups is 1. The number of imidazole rings is 1. The van der Waals surface area contributed by atoms with Gasteiger partial charge in [0.1, 0.15) is 5.82 Å². The van der Waals surface area contributed by atoms with Gasteiger partial charge in [-0.1, -0.05) is 50.5 Å². The molecule has 2 aromatic rings. The molecule has 3 N–H and O–H groups in total. The molecule has 1 saturated carbocycles. The van der Waals surface area contributed by atoms with E-state index in [0.717, 1.165) is 49.8 Å². The molecular formula is C22H33N3O. The summed E-state index contributed by atoms with van der Waals surface area (Å²) in [4.78, 5) is 4.52. The molecule has 26 heavy (non-hydrogen) atoms. The van der Waals surface area contributed by atoms with Crippen molar-refractivity contribution in [3.05, 3.63) is 53.1 Å². The summed E-state index contributed by atoms with van der Waals surface area (Å²) >= 11 is 0. The van der Waals surface area contributed by atoms with Gasteiger partial charge in [-0.2, -0.15) is 0 Å². The molecule has 1 aromatic heterocycles. The average Bonchev–Trinajstić information content (AvgIpc) is 3.32. The highest BCUT2D eigenvalue weighted by atomic mass is 16.3. The Hall–Kier alpha value is -1.65. The van der Waals surface area contributed by atoms with E-state index in [1.54, 1.807) is 0 Å². The fraction of sp³-hybridized carbons (Fsp3) is 0.591. The van der Waals surface area contributed by atoms with E-state index in [9.17, 15) is 5.11 Å². The number of aliphatic hydroxyl groups excluding tert-OH is 1. The van der Waals surface area contributed by atoms with Gasteiger partial charge in [0.15, 0.2) is 0 Å². The van der Waals surface area contributed by atoms with Gasteiger partial charge in [0, 0.05) is 13.0 Å². The molecule has 3 rings (SSSR count). The molecule has 142 valence electrons. The zero-order valence-electron chi connectivity index (χ0n) is 16.0. The van der Waals surface area contributed by atoms with Crippen molar-refractivity contribution >= 4 is 0 Å². The Labute approximate surface area is 157 Å². The van der Waals surface area contributed by atoms with Gasteiger partial charge in [-0.3, -0.25) is 0 Å². The third kappa shape index (κ3) is 4.36. The number of aryl methyl sites for hydroxylation is 1. The lowest BCUT2D eigenvalue weighted by Gasteiger charge is -2.22. The van der Waals surface area contributed by atoms with Crippen LogP contribution in [0.3, 0.4) is 0 Å². The minimum atomic E-state index is 0.0358. The van der Waals surface area contributed by atoms with Crippen molar-refractivity contribution in [3.63, 3.8) is 0 Å². The van der Waals surface area contributed by atoms with Crippen LogP contribution in [-0.4, -0.2) is 21.2 Å². The van der Waals surface area contributed by atoms with Crippen molar-refractivity contribution in [2.45, 2.75) is 70.9 Å². The quantitative estimate of drug-likeness (QED) is 0.714. The van der Waals surface area contributed by atoms with Crippen molar-refractivity contribution < 1.29 is 5.11 Å². The number of benzene rings is 1. The monoisotopic (exact) mass is 355 g/mol. The molecule has 0 saturated heterocycles. The highest BCUT2D eigenvalue weighted by Gasteiger charge is 2.25. The first-order valence-corrected chi connectivity index (χ1v) is 10.2. The number of rotatable bonds is 9. The zero-order valence-corrected chi connectivity index (χ0v) is 16.0. The van der Waals surface area contributed by atoms with Crippen LogP contribution in [-0.2, 0) is 19.6 Å². The van der Waals surface area contributed by atoms with Crippen LogP contribution >= 0.6 is 0 Å². The lowest BCUT2D eigenvalue weighted by atomic mass is 9.84. The Morgan fingerprint density at radius 2 is 1.96 bits per heavy atom. The molecule has 0 spiro atoms. The van der Waals surface area contributed by atoms with E-state index in [1.807, 2.05) is 6.20 Å². The lowest BCUT2D eigenvalue weighted by Crippen LogP contribution is -2.19. The standard InChI is InChI=1S/C22H33N3O/c1-2-3-8-22-24-14-20(16-26)25(22)15-17-9-11-19(12-10-17)21(13-23)18-6-4-5-7-18/h9-12,14,18,21,26H,2-8,13,15-16,23H2,1H3. The van der Waals surface area contributed by atoms with Crippen LogP contribution in [0.25, 0.3) is 0 Å². The van der Waals surface area contributed by atoms with E-state index in [-0.39, 0.29) is 6.61 Å². The van der Waals surface area contributed by atoms with Crippen LogP contribution in [0.1, 0.15) is 74.0 Å². The number of hydrogen-bond acceptors (Lipinski definition) is 3. The average molecular weight is 356 g/mol. The third-order valence-electron chi connectivity index (χ3n) is 5.91. The Balaban J connectivity index is 1.74. The molecule has 1 heterocycles. The smallest absolute Gasteiger partial charge is 0.109 e. The van der Waals surface area contributed by atoms with Crippen LogP contribution in [0.4, 0.5) is 0 Å².